The van der Waals surface area contributed by atoms with Crippen LogP contribution in [0, 0.1) is 0 Å². The third-order valence-electron chi connectivity index (χ3n) is 3.62. The molecule has 0 aromatic heterocycles. The van der Waals surface area contributed by atoms with Crippen LogP contribution >= 0.6 is 0 Å². The lowest BCUT2D eigenvalue weighted by atomic mass is 9.96. The van der Waals surface area contributed by atoms with Crippen molar-refractivity contribution in [2.75, 3.05) is 26.7 Å². The number of aliphatic hydroxyl groups is 1. The lowest BCUT2D eigenvalue weighted by Crippen LogP contribution is -2.52. The Balaban J connectivity index is 2.05. The van der Waals surface area contributed by atoms with Gasteiger partial charge in [0.1, 0.15) is 0 Å². The number of rotatable bonds is 1. The molecular weight excluding hydrogens is 164 g/mol. The van der Waals surface area contributed by atoms with E-state index in [0.29, 0.717) is 5.54 Å². The summed E-state index contributed by atoms with van der Waals surface area (Å²) in [4.78, 5) is 2.37. The second-order valence-electron chi connectivity index (χ2n) is 5.11. The highest BCUT2D eigenvalue weighted by Gasteiger charge is 2.47. The molecule has 2 heterocycles. The topological polar surface area (TPSA) is 35.5 Å². The van der Waals surface area contributed by atoms with E-state index in [0.717, 1.165) is 13.0 Å². The van der Waals surface area contributed by atoms with Crippen LogP contribution in [0.2, 0.25) is 0 Å². The molecule has 1 spiro atoms. The molecule has 0 radical (unpaired) electrons. The van der Waals surface area contributed by atoms with Crippen molar-refractivity contribution in [3.8, 4) is 0 Å². The minimum Gasteiger partial charge on any atom is -0.394 e. The number of likely N-dealkylation sites (tertiary alicyclic amines) is 1. The summed E-state index contributed by atoms with van der Waals surface area (Å²) >= 11 is 0. The standard InChI is InChI=1S/C10H20N2O/c1-9(8-13)3-4-10(11-9)5-6-12(2)7-10/h11,13H,3-8H2,1-2H3. The van der Waals surface area contributed by atoms with Crippen molar-refractivity contribution in [1.29, 1.82) is 0 Å². The monoisotopic (exact) mass is 184 g/mol. The van der Waals surface area contributed by atoms with Crippen LogP contribution in [0.1, 0.15) is 26.2 Å². The Morgan fingerprint density at radius 1 is 1.38 bits per heavy atom. The van der Waals surface area contributed by atoms with Crippen LogP contribution in [-0.2, 0) is 0 Å². The maximum atomic E-state index is 9.26. The highest BCUT2D eigenvalue weighted by molar-refractivity contribution is 5.08. The van der Waals surface area contributed by atoms with Crippen LogP contribution in [-0.4, -0.2) is 47.8 Å². The van der Waals surface area contributed by atoms with Gasteiger partial charge in [0.25, 0.3) is 0 Å². The molecule has 0 bridgehead atoms. The molecule has 2 fully saturated rings. The van der Waals surface area contributed by atoms with E-state index in [-0.39, 0.29) is 12.1 Å². The maximum Gasteiger partial charge on any atom is 0.0610 e. The molecule has 2 aliphatic rings. The lowest BCUT2D eigenvalue weighted by molar-refractivity contribution is 0.175. The average Bonchev–Trinajstić information content (AvgIpc) is 2.60. The van der Waals surface area contributed by atoms with Crippen molar-refractivity contribution in [3.05, 3.63) is 0 Å². The molecule has 2 unspecified atom stereocenters. The first-order valence-electron chi connectivity index (χ1n) is 5.16. The van der Waals surface area contributed by atoms with E-state index in [1.807, 2.05) is 0 Å². The predicted molar refractivity (Wildman–Crippen MR) is 52.7 cm³/mol. The Morgan fingerprint density at radius 2 is 2.15 bits per heavy atom. The quantitative estimate of drug-likeness (QED) is 0.611. The van der Waals surface area contributed by atoms with Gasteiger partial charge in [0, 0.05) is 17.6 Å². The van der Waals surface area contributed by atoms with E-state index in [9.17, 15) is 5.11 Å². The molecule has 2 rings (SSSR count). The van der Waals surface area contributed by atoms with E-state index in [4.69, 9.17) is 0 Å². The molecule has 2 atom stereocenters. The fraction of sp³-hybridized carbons (Fsp3) is 1.00. The summed E-state index contributed by atoms with van der Waals surface area (Å²) in [6, 6.07) is 0. The van der Waals surface area contributed by atoms with Crippen molar-refractivity contribution in [2.24, 2.45) is 0 Å². The molecule has 3 nitrogen and oxygen atoms in total. The van der Waals surface area contributed by atoms with Crippen molar-refractivity contribution < 1.29 is 5.11 Å². The molecule has 0 amide bonds. The normalized spacial score (nSPS) is 46.4. The van der Waals surface area contributed by atoms with E-state index in [1.54, 1.807) is 0 Å². The van der Waals surface area contributed by atoms with Crippen LogP contribution < -0.4 is 5.32 Å². The summed E-state index contributed by atoms with van der Waals surface area (Å²) in [6.07, 6.45) is 3.56. The van der Waals surface area contributed by atoms with E-state index >= 15 is 0 Å². The van der Waals surface area contributed by atoms with Crippen molar-refractivity contribution in [1.82, 2.24) is 10.2 Å². The number of aliphatic hydroxyl groups excluding tert-OH is 1. The second kappa shape index (κ2) is 2.94. The molecule has 3 heteroatoms. The Labute approximate surface area is 80.1 Å². The van der Waals surface area contributed by atoms with Crippen molar-refractivity contribution >= 4 is 0 Å². The average molecular weight is 184 g/mol. The van der Waals surface area contributed by atoms with Gasteiger partial charge < -0.3 is 15.3 Å². The fourth-order valence-corrected chi connectivity index (χ4v) is 2.78. The molecule has 0 aromatic rings. The van der Waals surface area contributed by atoms with E-state index in [2.05, 4.69) is 24.2 Å². The molecule has 0 aromatic carbocycles. The SMILES string of the molecule is CN1CCC2(CCC(C)(CO)N2)C1. The minimum atomic E-state index is -0.0226. The third-order valence-corrected chi connectivity index (χ3v) is 3.62. The molecule has 2 saturated heterocycles. The first-order valence-corrected chi connectivity index (χ1v) is 5.16. The smallest absolute Gasteiger partial charge is 0.0610 e. The summed E-state index contributed by atoms with van der Waals surface area (Å²) in [6.45, 7) is 4.72. The van der Waals surface area contributed by atoms with Gasteiger partial charge in [0.05, 0.1) is 6.61 Å². The number of nitrogens with one attached hydrogen (secondary N) is 1. The molecule has 0 saturated carbocycles. The Hall–Kier alpha value is -0.120. The van der Waals surface area contributed by atoms with Gasteiger partial charge in [-0.2, -0.15) is 0 Å². The van der Waals surface area contributed by atoms with Crippen LogP contribution in [0.5, 0.6) is 0 Å². The van der Waals surface area contributed by atoms with Crippen molar-refractivity contribution in [3.63, 3.8) is 0 Å². The highest BCUT2D eigenvalue weighted by Crippen LogP contribution is 2.36. The number of likely N-dealkylation sites (N-methyl/N-ethyl adjacent to an activating group) is 1. The summed E-state index contributed by atoms with van der Waals surface area (Å²) < 4.78 is 0. The number of hydrogen-bond donors (Lipinski definition) is 2. The van der Waals surface area contributed by atoms with Crippen LogP contribution in [0.15, 0.2) is 0 Å². The Kier molecular flexibility index (Phi) is 2.13. The molecule has 2 aliphatic heterocycles. The van der Waals surface area contributed by atoms with Crippen LogP contribution in [0.4, 0.5) is 0 Å². The largest absolute Gasteiger partial charge is 0.394 e. The van der Waals surface area contributed by atoms with Gasteiger partial charge in [-0.3, -0.25) is 0 Å². The first-order chi connectivity index (χ1) is 6.08. The van der Waals surface area contributed by atoms with E-state index < -0.39 is 0 Å². The van der Waals surface area contributed by atoms with Gasteiger partial charge in [-0.05, 0) is 39.8 Å². The van der Waals surface area contributed by atoms with Crippen LogP contribution in [0.3, 0.4) is 0 Å². The Bertz CT molecular complexity index is 209. The molecular formula is C10H20N2O. The summed E-state index contributed by atoms with van der Waals surface area (Å²) in [5.41, 5.74) is 0.289. The molecule has 76 valence electrons. The zero-order valence-electron chi connectivity index (χ0n) is 8.64. The summed E-state index contributed by atoms with van der Waals surface area (Å²) in [7, 11) is 2.17. The van der Waals surface area contributed by atoms with Gasteiger partial charge in [-0.1, -0.05) is 0 Å². The fourth-order valence-electron chi connectivity index (χ4n) is 2.78. The Morgan fingerprint density at radius 3 is 2.62 bits per heavy atom. The van der Waals surface area contributed by atoms with Gasteiger partial charge in [0.2, 0.25) is 0 Å². The lowest BCUT2D eigenvalue weighted by Gasteiger charge is -2.29. The van der Waals surface area contributed by atoms with Gasteiger partial charge in [0.15, 0.2) is 0 Å². The van der Waals surface area contributed by atoms with Crippen molar-refractivity contribution in [2.45, 2.75) is 37.3 Å². The van der Waals surface area contributed by atoms with Gasteiger partial charge >= 0.3 is 0 Å². The zero-order valence-corrected chi connectivity index (χ0v) is 8.64. The molecule has 0 aliphatic carbocycles. The van der Waals surface area contributed by atoms with Gasteiger partial charge in [-0.25, -0.2) is 0 Å². The summed E-state index contributed by atoms with van der Waals surface area (Å²) in [5.74, 6) is 0. The number of nitrogens with zero attached hydrogens (tertiary/aromatic N) is 1. The van der Waals surface area contributed by atoms with Crippen LogP contribution in [0.25, 0.3) is 0 Å². The summed E-state index contributed by atoms with van der Waals surface area (Å²) in [5, 5.41) is 12.9. The minimum absolute atomic E-state index is 0.0226. The van der Waals surface area contributed by atoms with E-state index in [1.165, 1.54) is 19.4 Å². The first kappa shape index (κ1) is 9.44. The maximum absolute atomic E-state index is 9.26. The second-order valence-corrected chi connectivity index (χ2v) is 5.11. The third kappa shape index (κ3) is 1.60. The number of hydrogen-bond acceptors (Lipinski definition) is 3. The zero-order chi connectivity index (χ0) is 9.53. The van der Waals surface area contributed by atoms with Gasteiger partial charge in [-0.15, -0.1) is 0 Å². The highest BCUT2D eigenvalue weighted by atomic mass is 16.3. The molecule has 2 N–H and O–H groups in total. The molecule has 13 heavy (non-hydrogen) atoms. The predicted octanol–water partition coefficient (Wildman–Crippen LogP) is 0.195.